The number of halogens is 1. The lowest BCUT2D eigenvalue weighted by molar-refractivity contribution is -0.146. The van der Waals surface area contributed by atoms with Crippen molar-refractivity contribution in [1.82, 2.24) is 0 Å². The summed E-state index contributed by atoms with van der Waals surface area (Å²) in [7, 11) is 0. The number of ether oxygens (including phenoxy) is 1. The molecule has 0 spiro atoms. The van der Waals surface area contributed by atoms with E-state index in [1.165, 1.54) is 35.6 Å². The van der Waals surface area contributed by atoms with Crippen molar-refractivity contribution in [2.24, 2.45) is 0 Å². The van der Waals surface area contributed by atoms with Crippen LogP contribution in [-0.2, 0) is 19.1 Å². The Morgan fingerprint density at radius 2 is 1.93 bits per heavy atom. The van der Waals surface area contributed by atoms with Crippen molar-refractivity contribution in [3.63, 3.8) is 0 Å². The van der Waals surface area contributed by atoms with Crippen molar-refractivity contribution in [2.75, 3.05) is 23.0 Å². The van der Waals surface area contributed by atoms with Crippen LogP contribution < -0.4 is 10.6 Å². The van der Waals surface area contributed by atoms with Crippen molar-refractivity contribution in [3.05, 3.63) is 47.1 Å². The number of carbonyl (C=O) groups is 3. The van der Waals surface area contributed by atoms with Gasteiger partial charge in [0.1, 0.15) is 22.1 Å². The summed E-state index contributed by atoms with van der Waals surface area (Å²) in [6.45, 7) is 1.07. The maximum atomic E-state index is 12.8. The van der Waals surface area contributed by atoms with Gasteiger partial charge in [0.05, 0.1) is 11.3 Å². The van der Waals surface area contributed by atoms with E-state index >= 15 is 0 Å². The van der Waals surface area contributed by atoms with Crippen LogP contribution in [0.3, 0.4) is 0 Å². The Balaban J connectivity index is 1.70. The predicted octanol–water partition coefficient (Wildman–Crippen LogP) is 3.00. The lowest BCUT2D eigenvalue weighted by Crippen LogP contribution is -2.26. The maximum absolute atomic E-state index is 12.8. The minimum atomic E-state index is -0.664. The first-order valence-electron chi connectivity index (χ1n) is 8.00. The Morgan fingerprint density at radius 1 is 1.21 bits per heavy atom. The molecule has 1 unspecified atom stereocenters. The number of anilines is 2. The number of hydrogen-bond donors (Lipinski definition) is 2. The predicted molar refractivity (Wildman–Crippen MR) is 106 cm³/mol. The molecule has 2 N–H and O–H groups in total. The molecule has 0 fully saturated rings. The molecule has 2 rings (SSSR count). The number of rotatable bonds is 8. The quantitative estimate of drug-likeness (QED) is 0.635. The van der Waals surface area contributed by atoms with Gasteiger partial charge in [0.25, 0.3) is 5.91 Å². The largest absolute Gasteiger partial charge is 0.455 e. The number of thiophene rings is 1. The summed E-state index contributed by atoms with van der Waals surface area (Å²) < 4.78 is 17.8. The van der Waals surface area contributed by atoms with Gasteiger partial charge in [-0.15, -0.1) is 23.1 Å². The molecule has 28 heavy (non-hydrogen) atoms. The van der Waals surface area contributed by atoms with Crippen LogP contribution in [0, 0.1) is 17.1 Å². The van der Waals surface area contributed by atoms with Gasteiger partial charge in [0, 0.05) is 5.69 Å². The maximum Gasteiger partial charge on any atom is 0.319 e. The summed E-state index contributed by atoms with van der Waals surface area (Å²) in [6, 6.07) is 8.82. The van der Waals surface area contributed by atoms with Gasteiger partial charge in [-0.2, -0.15) is 5.26 Å². The van der Waals surface area contributed by atoms with E-state index in [1.54, 1.807) is 18.4 Å². The Labute approximate surface area is 168 Å². The van der Waals surface area contributed by atoms with Crippen molar-refractivity contribution in [3.8, 4) is 6.07 Å². The normalized spacial score (nSPS) is 11.2. The van der Waals surface area contributed by atoms with E-state index in [1.807, 2.05) is 6.07 Å². The Hall–Kier alpha value is -2.90. The highest BCUT2D eigenvalue weighted by Gasteiger charge is 2.18. The van der Waals surface area contributed by atoms with Crippen molar-refractivity contribution < 1.29 is 23.5 Å². The van der Waals surface area contributed by atoms with E-state index in [-0.39, 0.29) is 11.7 Å². The van der Waals surface area contributed by atoms with E-state index in [4.69, 9.17) is 10.00 Å². The fourth-order valence-electron chi connectivity index (χ4n) is 1.91. The van der Waals surface area contributed by atoms with Crippen LogP contribution in [0.1, 0.15) is 12.5 Å². The molecule has 146 valence electrons. The van der Waals surface area contributed by atoms with E-state index in [0.29, 0.717) is 16.3 Å². The standard InChI is InChI=1S/C18H16FN3O4S2/c1-11(28-10-16(24)21-14-4-2-13(19)3-5-14)18(25)26-9-15(23)22-17-12(8-20)6-7-27-17/h2-7,11H,9-10H2,1H3,(H,21,24)(H,22,23). The van der Waals surface area contributed by atoms with Crippen molar-refractivity contribution in [1.29, 1.82) is 5.26 Å². The highest BCUT2D eigenvalue weighted by atomic mass is 32.2. The van der Waals surface area contributed by atoms with Crippen LogP contribution in [0.15, 0.2) is 35.7 Å². The summed E-state index contributed by atoms with van der Waals surface area (Å²) >= 11 is 2.24. The molecule has 0 radical (unpaired) electrons. The average Bonchev–Trinajstić information content (AvgIpc) is 3.13. The van der Waals surface area contributed by atoms with E-state index in [0.717, 1.165) is 11.8 Å². The summed E-state index contributed by atoms with van der Waals surface area (Å²) in [6.07, 6.45) is 0. The van der Waals surface area contributed by atoms with Gasteiger partial charge in [-0.3, -0.25) is 14.4 Å². The first-order chi connectivity index (χ1) is 13.4. The minimum Gasteiger partial charge on any atom is -0.455 e. The van der Waals surface area contributed by atoms with Crippen LogP contribution in [0.5, 0.6) is 0 Å². The number of esters is 1. The third-order valence-corrected chi connectivity index (χ3v) is 5.26. The lowest BCUT2D eigenvalue weighted by Gasteiger charge is -2.11. The molecular weight excluding hydrogens is 405 g/mol. The molecule has 0 saturated heterocycles. The summed E-state index contributed by atoms with van der Waals surface area (Å²) in [5, 5.41) is 15.4. The number of hydrogen-bond acceptors (Lipinski definition) is 7. The molecule has 10 heteroatoms. The molecule has 1 atom stereocenters. The second kappa shape index (κ2) is 10.4. The van der Waals surface area contributed by atoms with E-state index in [2.05, 4.69) is 10.6 Å². The number of nitrogens with zero attached hydrogens (tertiary/aromatic N) is 1. The Kier molecular flexibility index (Phi) is 7.98. The summed E-state index contributed by atoms with van der Waals surface area (Å²) in [5.41, 5.74) is 0.782. The van der Waals surface area contributed by atoms with Gasteiger partial charge in [-0.25, -0.2) is 4.39 Å². The molecule has 0 aliphatic heterocycles. The molecule has 0 bridgehead atoms. The molecule has 1 aromatic heterocycles. The third kappa shape index (κ3) is 6.68. The first-order valence-corrected chi connectivity index (χ1v) is 9.93. The zero-order valence-corrected chi connectivity index (χ0v) is 16.4. The highest BCUT2D eigenvalue weighted by molar-refractivity contribution is 8.01. The smallest absolute Gasteiger partial charge is 0.319 e. The number of nitrogens with one attached hydrogen (secondary N) is 2. The van der Waals surface area contributed by atoms with Gasteiger partial charge in [0.2, 0.25) is 5.91 Å². The van der Waals surface area contributed by atoms with E-state index in [9.17, 15) is 18.8 Å². The van der Waals surface area contributed by atoms with Crippen LogP contribution in [-0.4, -0.2) is 35.4 Å². The highest BCUT2D eigenvalue weighted by Crippen LogP contribution is 2.22. The zero-order valence-electron chi connectivity index (χ0n) is 14.7. The molecule has 2 aromatic rings. The molecule has 0 saturated carbocycles. The first kappa shape index (κ1) is 21.4. The fraction of sp³-hybridized carbons (Fsp3) is 0.222. The van der Waals surface area contributed by atoms with Gasteiger partial charge < -0.3 is 15.4 Å². The molecule has 1 heterocycles. The molecule has 2 amide bonds. The number of nitriles is 1. The zero-order chi connectivity index (χ0) is 20.5. The SMILES string of the molecule is CC(SCC(=O)Nc1ccc(F)cc1)C(=O)OCC(=O)Nc1sccc1C#N. The van der Waals surface area contributed by atoms with Gasteiger partial charge in [-0.05, 0) is 42.6 Å². The van der Waals surface area contributed by atoms with Crippen LogP contribution >= 0.6 is 23.1 Å². The van der Waals surface area contributed by atoms with E-state index < -0.39 is 29.6 Å². The lowest BCUT2D eigenvalue weighted by atomic mass is 10.3. The summed E-state index contributed by atoms with van der Waals surface area (Å²) in [5.74, 6) is -1.97. The number of benzene rings is 1. The van der Waals surface area contributed by atoms with Crippen molar-refractivity contribution in [2.45, 2.75) is 12.2 Å². The number of thioether (sulfide) groups is 1. The van der Waals surface area contributed by atoms with Crippen LogP contribution in [0.4, 0.5) is 15.1 Å². The molecule has 0 aliphatic rings. The molecule has 7 nitrogen and oxygen atoms in total. The Morgan fingerprint density at radius 3 is 2.61 bits per heavy atom. The fourth-order valence-corrected chi connectivity index (χ4v) is 3.34. The molecule has 0 aliphatic carbocycles. The molecular formula is C18H16FN3O4S2. The second-order valence-electron chi connectivity index (χ2n) is 5.44. The van der Waals surface area contributed by atoms with Crippen molar-refractivity contribution >= 4 is 51.6 Å². The minimum absolute atomic E-state index is 0.0133. The summed E-state index contributed by atoms with van der Waals surface area (Å²) in [4.78, 5) is 35.6. The topological polar surface area (TPSA) is 108 Å². The van der Waals surface area contributed by atoms with Gasteiger partial charge in [0.15, 0.2) is 6.61 Å². The number of carbonyl (C=O) groups excluding carboxylic acids is 3. The Bertz CT molecular complexity index is 893. The number of amides is 2. The van der Waals surface area contributed by atoms with Crippen LogP contribution in [0.2, 0.25) is 0 Å². The van der Waals surface area contributed by atoms with Gasteiger partial charge >= 0.3 is 5.97 Å². The average molecular weight is 421 g/mol. The van der Waals surface area contributed by atoms with Gasteiger partial charge in [-0.1, -0.05) is 0 Å². The molecule has 1 aromatic carbocycles. The van der Waals surface area contributed by atoms with Crippen LogP contribution in [0.25, 0.3) is 0 Å². The third-order valence-electron chi connectivity index (χ3n) is 3.31. The monoisotopic (exact) mass is 421 g/mol. The second-order valence-corrected chi connectivity index (χ2v) is 7.68.